The van der Waals surface area contributed by atoms with Gasteiger partial charge in [0.05, 0.1) is 53.6 Å². The van der Waals surface area contributed by atoms with Gasteiger partial charge in [-0.3, -0.25) is 24.2 Å². The lowest BCUT2D eigenvalue weighted by Gasteiger charge is -2.24. The van der Waals surface area contributed by atoms with Crippen LogP contribution >= 0.6 is 0 Å². The summed E-state index contributed by atoms with van der Waals surface area (Å²) in [6.45, 7) is 0.539. The standard InChI is InChI=1S/2C27H19N3O5/c28-14-19-11-22-21(27(32)33)9-10-34-24(22)13-23(19)35-20-7-5-16(6-8-20)26(31)30-25-12-17-3-1-2-4-18(17)15-29-25;28-14-18-12-22-21(27(32)33)9-10-34-25(22)13-24(18)35-20-7-5-16(6-8-20)26(31)30-19-11-17-3-1-2-4-23(17)29-15-19/h1-8,11-13,15,21H,9-10H2,(H,32,33)(H,29,30,31);1-8,11-13,15,21H,9-10H2,(H,30,31)(H,32,33). The second-order valence-corrected chi connectivity index (χ2v) is 16.0. The van der Waals surface area contributed by atoms with E-state index >= 15 is 0 Å². The molecule has 2 unspecified atom stereocenters. The van der Waals surface area contributed by atoms with Crippen molar-refractivity contribution in [2.75, 3.05) is 23.8 Å². The van der Waals surface area contributed by atoms with E-state index in [-0.39, 0.29) is 47.7 Å². The van der Waals surface area contributed by atoms with Crippen LogP contribution in [0.1, 0.15) is 67.6 Å². The Kier molecular flexibility index (Phi) is 12.9. The van der Waals surface area contributed by atoms with Gasteiger partial charge in [-0.25, -0.2) is 4.98 Å². The number of ether oxygens (including phenoxy) is 4. The Morgan fingerprint density at radius 1 is 0.571 bits per heavy atom. The van der Waals surface area contributed by atoms with E-state index < -0.39 is 23.8 Å². The van der Waals surface area contributed by atoms with E-state index in [1.54, 1.807) is 67.0 Å². The fourth-order valence-electron chi connectivity index (χ4n) is 7.98. The number of carbonyl (C=O) groups is 4. The van der Waals surface area contributed by atoms with Crippen molar-refractivity contribution in [3.8, 4) is 46.6 Å². The van der Waals surface area contributed by atoms with Gasteiger partial charge >= 0.3 is 11.9 Å². The topological polar surface area (TPSA) is 243 Å². The summed E-state index contributed by atoms with van der Waals surface area (Å²) in [4.78, 5) is 57.1. The third-order valence-corrected chi connectivity index (χ3v) is 11.5. The normalized spacial score (nSPS) is 14.3. The lowest BCUT2D eigenvalue weighted by Crippen LogP contribution is -2.21. The Balaban J connectivity index is 0.000000174. The first kappa shape index (κ1) is 45.4. The van der Waals surface area contributed by atoms with E-state index in [4.69, 9.17) is 18.9 Å². The van der Waals surface area contributed by atoms with Crippen LogP contribution in [0.25, 0.3) is 21.7 Å². The number of rotatable bonds is 10. The highest BCUT2D eigenvalue weighted by Crippen LogP contribution is 2.41. The van der Waals surface area contributed by atoms with E-state index in [1.165, 1.54) is 24.3 Å². The number of nitrogens with zero attached hydrogens (tertiary/aromatic N) is 4. The predicted molar refractivity (Wildman–Crippen MR) is 256 cm³/mol. The SMILES string of the molecule is N#Cc1cc2c(cc1Oc1ccc(C(=O)Nc3cc4ccccc4cn3)cc1)OCCC2C(=O)O.N#Cc1cc2c(cc1Oc1ccc(C(=O)Nc3cnc4ccccc4c3)cc1)OCCC2C(=O)O. The maximum absolute atomic E-state index is 12.7. The minimum absolute atomic E-state index is 0.199. The molecule has 16 nitrogen and oxygen atoms in total. The number of aromatic nitrogens is 2. The van der Waals surface area contributed by atoms with Crippen molar-refractivity contribution in [2.24, 2.45) is 0 Å². The van der Waals surface area contributed by atoms with Crippen LogP contribution in [-0.4, -0.2) is 57.1 Å². The minimum atomic E-state index is -0.958. The molecule has 0 aliphatic carbocycles. The summed E-state index contributed by atoms with van der Waals surface area (Å²) in [5.41, 5.74) is 3.58. The highest BCUT2D eigenvalue weighted by molar-refractivity contribution is 6.05. The molecule has 0 radical (unpaired) electrons. The summed E-state index contributed by atoms with van der Waals surface area (Å²) in [6, 6.07) is 42.1. The van der Waals surface area contributed by atoms with Gasteiger partial charge in [0.1, 0.15) is 52.5 Å². The molecule has 2 aromatic heterocycles. The van der Waals surface area contributed by atoms with E-state index in [0.717, 1.165) is 21.7 Å². The number of amides is 2. The molecule has 0 spiro atoms. The number of hydrogen-bond acceptors (Lipinski definition) is 12. The van der Waals surface area contributed by atoms with Crippen molar-refractivity contribution < 1.29 is 48.3 Å². The fourth-order valence-corrected chi connectivity index (χ4v) is 7.98. The Morgan fingerprint density at radius 2 is 1.07 bits per heavy atom. The van der Waals surface area contributed by atoms with Crippen LogP contribution in [0.3, 0.4) is 0 Å². The Labute approximate surface area is 398 Å². The van der Waals surface area contributed by atoms with E-state index in [2.05, 4.69) is 32.7 Å². The first-order valence-corrected chi connectivity index (χ1v) is 21.8. The predicted octanol–water partition coefficient (Wildman–Crippen LogP) is 10.2. The van der Waals surface area contributed by atoms with Gasteiger partial charge in [-0.05, 0) is 97.1 Å². The number of nitriles is 2. The Bertz CT molecular complexity index is 3210. The largest absolute Gasteiger partial charge is 0.493 e. The van der Waals surface area contributed by atoms with Crippen LogP contribution in [0, 0.1) is 22.7 Å². The molecule has 8 aromatic rings. The number of hydrogen-bond donors (Lipinski definition) is 4. The van der Waals surface area contributed by atoms with Gasteiger partial charge in [-0.1, -0.05) is 42.5 Å². The fraction of sp³-hybridized carbons (Fsp3) is 0.111. The molecule has 4 N–H and O–H groups in total. The number of fused-ring (bicyclic) bond motifs is 4. The zero-order chi connectivity index (χ0) is 48.7. The van der Waals surface area contributed by atoms with Gasteiger partial charge in [0.15, 0.2) is 0 Å². The third-order valence-electron chi connectivity index (χ3n) is 11.5. The molecule has 2 atom stereocenters. The number of para-hydroxylation sites is 1. The molecule has 6 aromatic carbocycles. The van der Waals surface area contributed by atoms with Crippen LogP contribution in [0.2, 0.25) is 0 Å². The van der Waals surface area contributed by atoms with Crippen molar-refractivity contribution in [3.63, 3.8) is 0 Å². The van der Waals surface area contributed by atoms with Crippen LogP contribution in [0.4, 0.5) is 11.5 Å². The lowest BCUT2D eigenvalue weighted by molar-refractivity contribution is -0.140. The zero-order valence-corrected chi connectivity index (χ0v) is 36.8. The number of nitrogens with one attached hydrogen (secondary N) is 2. The molecule has 0 fully saturated rings. The smallest absolute Gasteiger partial charge is 0.311 e. The van der Waals surface area contributed by atoms with Crippen molar-refractivity contribution in [1.82, 2.24) is 9.97 Å². The first-order chi connectivity index (χ1) is 34.0. The molecule has 70 heavy (non-hydrogen) atoms. The Morgan fingerprint density at radius 3 is 1.60 bits per heavy atom. The summed E-state index contributed by atoms with van der Waals surface area (Å²) < 4.78 is 23.0. The number of carbonyl (C=O) groups excluding carboxylic acids is 2. The van der Waals surface area contributed by atoms with Gasteiger partial charge in [0.2, 0.25) is 0 Å². The molecular weight excluding hydrogens is 893 g/mol. The number of anilines is 2. The van der Waals surface area contributed by atoms with Crippen LogP contribution in [0.5, 0.6) is 34.5 Å². The van der Waals surface area contributed by atoms with Crippen molar-refractivity contribution in [3.05, 3.63) is 179 Å². The van der Waals surface area contributed by atoms with Crippen LogP contribution < -0.4 is 29.6 Å². The molecule has 4 heterocycles. The monoisotopic (exact) mass is 930 g/mol. The van der Waals surface area contributed by atoms with Crippen molar-refractivity contribution in [1.29, 1.82) is 10.5 Å². The molecule has 16 heteroatoms. The van der Waals surface area contributed by atoms with E-state index in [9.17, 15) is 39.9 Å². The summed E-state index contributed by atoms with van der Waals surface area (Å²) >= 11 is 0. The summed E-state index contributed by atoms with van der Waals surface area (Å²) in [7, 11) is 0. The van der Waals surface area contributed by atoms with Crippen LogP contribution in [0.15, 0.2) is 146 Å². The Hall–Kier alpha value is -9.80. The van der Waals surface area contributed by atoms with Gasteiger partial charge in [0.25, 0.3) is 11.8 Å². The van der Waals surface area contributed by atoms with Crippen molar-refractivity contribution >= 4 is 56.9 Å². The molecular formula is C54H38N6O10. The summed E-state index contributed by atoms with van der Waals surface area (Å²) in [5, 5.41) is 46.6. The van der Waals surface area contributed by atoms with Gasteiger partial charge < -0.3 is 39.8 Å². The highest BCUT2D eigenvalue weighted by Gasteiger charge is 2.31. The minimum Gasteiger partial charge on any atom is -0.493 e. The summed E-state index contributed by atoms with van der Waals surface area (Å²) in [5.74, 6) is -1.46. The van der Waals surface area contributed by atoms with Gasteiger partial charge in [-0.15, -0.1) is 0 Å². The van der Waals surface area contributed by atoms with E-state index in [1.807, 2.05) is 54.6 Å². The molecule has 344 valence electrons. The average molecular weight is 931 g/mol. The molecule has 2 aliphatic rings. The lowest BCUT2D eigenvalue weighted by atomic mass is 9.91. The molecule has 0 saturated carbocycles. The molecule has 2 amide bonds. The summed E-state index contributed by atoms with van der Waals surface area (Å²) in [6.07, 6.45) is 3.99. The zero-order valence-electron chi connectivity index (χ0n) is 36.8. The molecule has 2 aliphatic heterocycles. The van der Waals surface area contributed by atoms with Gasteiger partial charge in [0, 0.05) is 51.4 Å². The van der Waals surface area contributed by atoms with E-state index in [0.29, 0.717) is 69.6 Å². The number of aliphatic carboxylic acids is 2. The third kappa shape index (κ3) is 9.97. The first-order valence-electron chi connectivity index (χ1n) is 21.8. The molecule has 0 saturated heterocycles. The average Bonchev–Trinajstić information content (AvgIpc) is 3.38. The molecule has 10 rings (SSSR count). The quantitative estimate of drug-likeness (QED) is 0.0997. The number of carboxylic acid groups (broad SMARTS) is 2. The second-order valence-electron chi connectivity index (χ2n) is 16.0. The highest BCUT2D eigenvalue weighted by atomic mass is 16.5. The number of carboxylic acids is 2. The number of pyridine rings is 2. The maximum Gasteiger partial charge on any atom is 0.311 e. The second kappa shape index (κ2) is 20.0. The maximum atomic E-state index is 12.7. The molecule has 0 bridgehead atoms. The van der Waals surface area contributed by atoms with Crippen molar-refractivity contribution in [2.45, 2.75) is 24.7 Å². The van der Waals surface area contributed by atoms with Gasteiger partial charge in [-0.2, -0.15) is 10.5 Å². The van der Waals surface area contributed by atoms with Crippen LogP contribution in [-0.2, 0) is 9.59 Å². The number of benzene rings is 6.